The Morgan fingerprint density at radius 1 is 1.17 bits per heavy atom. The van der Waals surface area contributed by atoms with Gasteiger partial charge >= 0.3 is 11.9 Å². The lowest BCUT2D eigenvalue weighted by atomic mass is 9.84. The van der Waals surface area contributed by atoms with Crippen LogP contribution < -0.4 is 0 Å². The van der Waals surface area contributed by atoms with Gasteiger partial charge in [0.2, 0.25) is 0 Å². The molecule has 1 fully saturated rings. The van der Waals surface area contributed by atoms with Gasteiger partial charge in [0.1, 0.15) is 0 Å². The molecule has 0 bridgehead atoms. The summed E-state index contributed by atoms with van der Waals surface area (Å²) in [5, 5.41) is 11.9. The maximum Gasteiger partial charge on any atom is 0.323 e. The number of esters is 2. The van der Waals surface area contributed by atoms with E-state index in [1.165, 1.54) is 0 Å². The van der Waals surface area contributed by atoms with Gasteiger partial charge in [-0.2, -0.15) is 0 Å². The number of hydrogen-bond donors (Lipinski definition) is 1. The quantitative estimate of drug-likeness (QED) is 0.456. The van der Waals surface area contributed by atoms with Crippen molar-refractivity contribution in [1.29, 1.82) is 0 Å². The third-order valence-electron chi connectivity index (χ3n) is 4.68. The Kier molecular flexibility index (Phi) is 5.86. The molecular formula is C17H30O5Si. The second-order valence-electron chi connectivity index (χ2n) is 7.59. The van der Waals surface area contributed by atoms with Gasteiger partial charge in [0.25, 0.3) is 0 Å². The molecule has 0 spiro atoms. The van der Waals surface area contributed by atoms with E-state index in [0.29, 0.717) is 0 Å². The maximum atomic E-state index is 12.5. The average molecular weight is 343 g/mol. The van der Waals surface area contributed by atoms with Gasteiger partial charge in [0, 0.05) is 12.3 Å². The number of aliphatic hydroxyl groups is 1. The van der Waals surface area contributed by atoms with Crippen molar-refractivity contribution >= 4 is 20.0 Å². The van der Waals surface area contributed by atoms with E-state index in [1.54, 1.807) is 20.8 Å². The summed E-state index contributed by atoms with van der Waals surface area (Å²) in [7, 11) is -1.74. The first-order valence-corrected chi connectivity index (χ1v) is 11.7. The maximum absolute atomic E-state index is 12.5. The highest BCUT2D eigenvalue weighted by Gasteiger charge is 2.62. The van der Waals surface area contributed by atoms with E-state index in [4.69, 9.17) is 9.47 Å². The van der Waals surface area contributed by atoms with Crippen molar-refractivity contribution in [3.8, 4) is 0 Å². The molecular weight excluding hydrogens is 312 g/mol. The molecule has 0 aromatic rings. The van der Waals surface area contributed by atoms with Crippen LogP contribution in [0.15, 0.2) is 11.8 Å². The van der Waals surface area contributed by atoms with Crippen molar-refractivity contribution in [2.24, 2.45) is 11.3 Å². The Labute approximate surface area is 140 Å². The lowest BCUT2D eigenvalue weighted by Crippen LogP contribution is -2.41. The first kappa shape index (κ1) is 19.9. The summed E-state index contributed by atoms with van der Waals surface area (Å²) in [4.78, 5) is 25.1. The van der Waals surface area contributed by atoms with E-state index in [0.717, 1.165) is 5.20 Å². The van der Waals surface area contributed by atoms with Crippen LogP contribution in [0.1, 0.15) is 33.6 Å². The molecule has 0 heterocycles. The van der Waals surface area contributed by atoms with E-state index in [-0.39, 0.29) is 32.0 Å². The smallest absolute Gasteiger partial charge is 0.323 e. The van der Waals surface area contributed by atoms with Crippen LogP contribution in [0, 0.1) is 11.3 Å². The SMILES string of the molecule is C=C([C@@H]1CC(C(=O)OCC)(C(=O)OCC)C[C@]1(C)O)[Si](C)(C)C. The lowest BCUT2D eigenvalue weighted by molar-refractivity contribution is -0.173. The minimum atomic E-state index is -1.74. The monoisotopic (exact) mass is 342 g/mol. The minimum absolute atomic E-state index is 0.00579. The molecule has 0 aromatic heterocycles. The Morgan fingerprint density at radius 2 is 1.61 bits per heavy atom. The highest BCUT2D eigenvalue weighted by Crippen LogP contribution is 2.53. The molecule has 1 N–H and O–H groups in total. The Bertz CT molecular complexity index is 472. The molecule has 0 radical (unpaired) electrons. The van der Waals surface area contributed by atoms with E-state index < -0.39 is 31.0 Å². The van der Waals surface area contributed by atoms with Gasteiger partial charge < -0.3 is 14.6 Å². The fourth-order valence-corrected chi connectivity index (χ4v) is 4.79. The third kappa shape index (κ3) is 3.86. The molecule has 2 atom stereocenters. The largest absolute Gasteiger partial charge is 0.465 e. The molecule has 0 aliphatic heterocycles. The summed E-state index contributed by atoms with van der Waals surface area (Å²) in [6.07, 6.45) is 0.201. The molecule has 132 valence electrons. The second kappa shape index (κ2) is 6.77. The molecule has 1 aliphatic rings. The van der Waals surface area contributed by atoms with Crippen molar-refractivity contribution in [1.82, 2.24) is 0 Å². The topological polar surface area (TPSA) is 72.8 Å². The zero-order chi connectivity index (χ0) is 18.1. The molecule has 1 aliphatic carbocycles. The normalized spacial score (nSPS) is 26.7. The van der Waals surface area contributed by atoms with Crippen molar-refractivity contribution in [2.45, 2.75) is 58.9 Å². The van der Waals surface area contributed by atoms with Crippen LogP contribution in [0.4, 0.5) is 0 Å². The van der Waals surface area contributed by atoms with Gasteiger partial charge in [-0.3, -0.25) is 9.59 Å². The van der Waals surface area contributed by atoms with Gasteiger partial charge in [-0.05, 0) is 27.2 Å². The van der Waals surface area contributed by atoms with Crippen molar-refractivity contribution < 1.29 is 24.2 Å². The lowest BCUT2D eigenvalue weighted by Gasteiger charge is -2.33. The van der Waals surface area contributed by atoms with Crippen LogP contribution >= 0.6 is 0 Å². The Hall–Kier alpha value is -1.14. The van der Waals surface area contributed by atoms with Gasteiger partial charge in [-0.25, -0.2) is 0 Å². The van der Waals surface area contributed by atoms with E-state index in [1.807, 2.05) is 0 Å². The second-order valence-corrected chi connectivity index (χ2v) is 12.7. The van der Waals surface area contributed by atoms with Crippen molar-refractivity contribution in [3.05, 3.63) is 11.8 Å². The van der Waals surface area contributed by atoms with Crippen molar-refractivity contribution in [2.75, 3.05) is 13.2 Å². The van der Waals surface area contributed by atoms with E-state index >= 15 is 0 Å². The van der Waals surface area contributed by atoms with Crippen LogP contribution in [-0.4, -0.2) is 43.9 Å². The molecule has 0 saturated heterocycles. The molecule has 0 unspecified atom stereocenters. The van der Waals surface area contributed by atoms with Crippen LogP contribution in [0.2, 0.25) is 19.6 Å². The number of ether oxygens (including phenoxy) is 2. The predicted molar refractivity (Wildman–Crippen MR) is 91.5 cm³/mol. The Balaban J connectivity index is 3.27. The van der Waals surface area contributed by atoms with Crippen LogP contribution in [0.5, 0.6) is 0 Å². The van der Waals surface area contributed by atoms with Gasteiger partial charge in [-0.15, -0.1) is 6.58 Å². The van der Waals surface area contributed by atoms with Crippen LogP contribution in [0.3, 0.4) is 0 Å². The average Bonchev–Trinajstić information content (AvgIpc) is 2.70. The van der Waals surface area contributed by atoms with Crippen LogP contribution in [0.25, 0.3) is 0 Å². The summed E-state index contributed by atoms with van der Waals surface area (Å²) in [6.45, 7) is 16.0. The summed E-state index contributed by atoms with van der Waals surface area (Å²) in [6, 6.07) is 0. The summed E-state index contributed by atoms with van der Waals surface area (Å²) in [5.41, 5.74) is -2.63. The van der Waals surface area contributed by atoms with Crippen molar-refractivity contribution in [3.63, 3.8) is 0 Å². The fraction of sp³-hybridized carbons (Fsp3) is 0.765. The van der Waals surface area contributed by atoms with Crippen LogP contribution in [-0.2, 0) is 19.1 Å². The summed E-state index contributed by atoms with van der Waals surface area (Å²) in [5.74, 6) is -1.53. The summed E-state index contributed by atoms with van der Waals surface area (Å²) < 4.78 is 10.3. The van der Waals surface area contributed by atoms with Gasteiger partial charge in [0.15, 0.2) is 5.41 Å². The minimum Gasteiger partial charge on any atom is -0.465 e. The molecule has 0 amide bonds. The number of rotatable bonds is 6. The molecule has 0 aromatic carbocycles. The zero-order valence-electron chi connectivity index (χ0n) is 15.2. The first-order valence-electron chi connectivity index (χ1n) is 8.18. The van der Waals surface area contributed by atoms with E-state index in [2.05, 4.69) is 26.2 Å². The third-order valence-corrected chi connectivity index (χ3v) is 6.95. The van der Waals surface area contributed by atoms with Gasteiger partial charge in [-0.1, -0.05) is 24.8 Å². The summed E-state index contributed by atoms with van der Waals surface area (Å²) >= 11 is 0. The number of carbonyl (C=O) groups is 2. The number of carbonyl (C=O) groups excluding carboxylic acids is 2. The highest BCUT2D eigenvalue weighted by atomic mass is 28.3. The van der Waals surface area contributed by atoms with Gasteiger partial charge in [0.05, 0.1) is 26.9 Å². The molecule has 6 heteroatoms. The Morgan fingerprint density at radius 3 is 1.96 bits per heavy atom. The first-order chi connectivity index (χ1) is 10.4. The standard InChI is InChI=1S/C17H30O5Si/c1-8-21-14(18)17(15(19)22-9-2)10-13(16(4,20)11-17)12(3)23(5,6)7/h13,20H,3,8-11H2,1-2,4-7H3/t13-,16-/m0/s1. The predicted octanol–water partition coefficient (Wildman–Crippen LogP) is 2.69. The fourth-order valence-electron chi connectivity index (χ4n) is 3.33. The molecule has 23 heavy (non-hydrogen) atoms. The molecule has 1 rings (SSSR count). The highest BCUT2D eigenvalue weighted by molar-refractivity contribution is 6.83. The number of hydrogen-bond acceptors (Lipinski definition) is 5. The molecule has 1 saturated carbocycles. The van der Waals surface area contributed by atoms with E-state index in [9.17, 15) is 14.7 Å². The zero-order valence-corrected chi connectivity index (χ0v) is 16.2. The molecule has 5 nitrogen and oxygen atoms in total.